The van der Waals surface area contributed by atoms with Crippen molar-refractivity contribution in [1.29, 1.82) is 0 Å². The van der Waals surface area contributed by atoms with Crippen LogP contribution in [0.25, 0.3) is 0 Å². The monoisotopic (exact) mass is 276 g/mol. The molecule has 0 bridgehead atoms. The third-order valence-electron chi connectivity index (χ3n) is 3.37. The van der Waals surface area contributed by atoms with Gasteiger partial charge in [0.1, 0.15) is 0 Å². The molecule has 5 heteroatoms. The topological polar surface area (TPSA) is 64.4 Å². The normalized spacial score (nSPS) is 13.9. The maximum absolute atomic E-state index is 10.9. The maximum atomic E-state index is 10.9. The lowest BCUT2D eigenvalue weighted by Gasteiger charge is -2.09. The summed E-state index contributed by atoms with van der Waals surface area (Å²) >= 11 is 0. The molecule has 1 aliphatic carbocycles. The van der Waals surface area contributed by atoms with Gasteiger partial charge in [0.2, 0.25) is 0 Å². The average molecular weight is 276 g/mol. The van der Waals surface area contributed by atoms with Gasteiger partial charge in [0.15, 0.2) is 5.75 Å². The highest BCUT2D eigenvalue weighted by molar-refractivity contribution is 5.58. The first-order valence-corrected chi connectivity index (χ1v) is 7.03. The number of anilines is 1. The van der Waals surface area contributed by atoms with Crippen molar-refractivity contribution in [3.05, 3.63) is 40.0 Å². The molecule has 0 spiro atoms. The number of hydrogen-bond acceptors (Lipinski definition) is 4. The molecule has 20 heavy (non-hydrogen) atoms. The van der Waals surface area contributed by atoms with Crippen molar-refractivity contribution in [2.75, 3.05) is 18.5 Å². The van der Waals surface area contributed by atoms with E-state index in [-0.39, 0.29) is 5.69 Å². The van der Waals surface area contributed by atoms with Gasteiger partial charge in [0, 0.05) is 24.4 Å². The van der Waals surface area contributed by atoms with E-state index >= 15 is 0 Å². The van der Waals surface area contributed by atoms with E-state index in [1.54, 1.807) is 12.1 Å². The molecular formula is C15H20N2O3. The summed E-state index contributed by atoms with van der Waals surface area (Å²) in [6.45, 7) is 3.07. The average Bonchev–Trinajstić information content (AvgIpc) is 2.92. The third kappa shape index (κ3) is 3.73. The van der Waals surface area contributed by atoms with Crippen molar-refractivity contribution >= 4 is 11.4 Å². The van der Waals surface area contributed by atoms with Gasteiger partial charge in [0.05, 0.1) is 11.5 Å². The molecule has 5 nitrogen and oxygen atoms in total. The Morgan fingerprint density at radius 2 is 2.30 bits per heavy atom. The first-order chi connectivity index (χ1) is 9.70. The highest BCUT2D eigenvalue weighted by Crippen LogP contribution is 2.30. The predicted molar refractivity (Wildman–Crippen MR) is 79.3 cm³/mol. The zero-order chi connectivity index (χ0) is 14.4. The van der Waals surface area contributed by atoms with E-state index in [1.165, 1.54) is 30.9 Å². The molecule has 0 unspecified atom stereocenters. The molecule has 0 saturated heterocycles. The second-order valence-electron chi connectivity index (χ2n) is 4.80. The van der Waals surface area contributed by atoms with Crippen molar-refractivity contribution in [2.24, 2.45) is 0 Å². The van der Waals surface area contributed by atoms with E-state index in [4.69, 9.17) is 4.74 Å². The molecule has 1 aromatic carbocycles. The van der Waals surface area contributed by atoms with Crippen LogP contribution in [-0.2, 0) is 0 Å². The molecule has 1 aromatic rings. The summed E-state index contributed by atoms with van der Waals surface area (Å²) < 4.78 is 5.33. The van der Waals surface area contributed by atoms with Gasteiger partial charge < -0.3 is 10.1 Å². The maximum Gasteiger partial charge on any atom is 0.311 e. The van der Waals surface area contributed by atoms with Crippen LogP contribution in [0.1, 0.15) is 32.6 Å². The second kappa shape index (κ2) is 6.93. The number of ether oxygens (including phenoxy) is 1. The summed E-state index contributed by atoms with van der Waals surface area (Å²) in [4.78, 5) is 10.5. The fourth-order valence-corrected chi connectivity index (χ4v) is 2.38. The van der Waals surface area contributed by atoms with Crippen LogP contribution in [0.15, 0.2) is 29.8 Å². The SMILES string of the molecule is CCOc1cc(NCCC2=CCCC2)ccc1[N+](=O)[O-]. The molecule has 0 atom stereocenters. The predicted octanol–water partition coefficient (Wildman–Crippen LogP) is 3.91. The zero-order valence-electron chi connectivity index (χ0n) is 11.7. The van der Waals surface area contributed by atoms with Gasteiger partial charge >= 0.3 is 5.69 Å². The molecule has 0 heterocycles. The Labute approximate surface area is 118 Å². The Morgan fingerprint density at radius 3 is 2.95 bits per heavy atom. The largest absolute Gasteiger partial charge is 0.487 e. The van der Waals surface area contributed by atoms with E-state index in [1.807, 2.05) is 6.92 Å². The van der Waals surface area contributed by atoms with E-state index in [9.17, 15) is 10.1 Å². The van der Waals surface area contributed by atoms with Gasteiger partial charge in [-0.05, 0) is 38.7 Å². The van der Waals surface area contributed by atoms with Crippen molar-refractivity contribution in [2.45, 2.75) is 32.6 Å². The van der Waals surface area contributed by atoms with E-state index in [0.717, 1.165) is 18.7 Å². The fraction of sp³-hybridized carbons (Fsp3) is 0.467. The number of benzene rings is 1. The van der Waals surface area contributed by atoms with Gasteiger partial charge in [-0.1, -0.05) is 11.6 Å². The minimum atomic E-state index is -0.419. The van der Waals surface area contributed by atoms with Gasteiger partial charge in [-0.2, -0.15) is 0 Å². The minimum absolute atomic E-state index is 0.0101. The number of nitrogens with one attached hydrogen (secondary N) is 1. The summed E-state index contributed by atoms with van der Waals surface area (Å²) in [7, 11) is 0. The van der Waals surface area contributed by atoms with E-state index < -0.39 is 4.92 Å². The Balaban J connectivity index is 1.97. The smallest absolute Gasteiger partial charge is 0.311 e. The van der Waals surface area contributed by atoms with E-state index in [0.29, 0.717) is 12.4 Å². The second-order valence-corrected chi connectivity index (χ2v) is 4.80. The van der Waals surface area contributed by atoms with Crippen LogP contribution >= 0.6 is 0 Å². The lowest BCUT2D eigenvalue weighted by atomic mass is 10.1. The Kier molecular flexibility index (Phi) is 4.98. The van der Waals surface area contributed by atoms with Crippen molar-refractivity contribution < 1.29 is 9.66 Å². The molecule has 0 aromatic heterocycles. The van der Waals surface area contributed by atoms with Crippen LogP contribution in [0.2, 0.25) is 0 Å². The van der Waals surface area contributed by atoms with Crippen molar-refractivity contribution in [3.8, 4) is 5.75 Å². The summed E-state index contributed by atoms with van der Waals surface area (Å²) in [5.41, 5.74) is 2.37. The number of nitro benzene ring substituents is 1. The van der Waals surface area contributed by atoms with Crippen molar-refractivity contribution in [3.63, 3.8) is 0 Å². The molecule has 2 rings (SSSR count). The molecule has 108 valence electrons. The highest BCUT2D eigenvalue weighted by Gasteiger charge is 2.15. The number of nitrogens with zero attached hydrogens (tertiary/aromatic N) is 1. The van der Waals surface area contributed by atoms with Crippen LogP contribution in [0.3, 0.4) is 0 Å². The zero-order valence-corrected chi connectivity index (χ0v) is 11.7. The number of hydrogen-bond donors (Lipinski definition) is 1. The molecule has 1 aliphatic rings. The molecule has 0 fully saturated rings. The summed E-state index contributed by atoms with van der Waals surface area (Å²) in [5.74, 6) is 0.322. The van der Waals surface area contributed by atoms with Gasteiger partial charge in [-0.25, -0.2) is 0 Å². The van der Waals surface area contributed by atoms with Crippen LogP contribution in [0.4, 0.5) is 11.4 Å². The van der Waals surface area contributed by atoms with Crippen LogP contribution in [0, 0.1) is 10.1 Å². The number of rotatable bonds is 7. The van der Waals surface area contributed by atoms with Gasteiger partial charge in [-0.3, -0.25) is 10.1 Å². The first-order valence-electron chi connectivity index (χ1n) is 7.03. The first kappa shape index (κ1) is 14.4. The molecule has 0 aliphatic heterocycles. The molecule has 0 amide bonds. The number of nitro groups is 1. The molecule has 0 saturated carbocycles. The quantitative estimate of drug-likeness (QED) is 0.466. The minimum Gasteiger partial charge on any atom is -0.487 e. The van der Waals surface area contributed by atoms with Crippen LogP contribution < -0.4 is 10.1 Å². The Morgan fingerprint density at radius 1 is 1.45 bits per heavy atom. The Bertz CT molecular complexity index is 512. The fourth-order valence-electron chi connectivity index (χ4n) is 2.38. The van der Waals surface area contributed by atoms with Crippen molar-refractivity contribution in [1.82, 2.24) is 0 Å². The Hall–Kier alpha value is -2.04. The summed E-state index contributed by atoms with van der Waals surface area (Å²) in [6.07, 6.45) is 7.00. The summed E-state index contributed by atoms with van der Waals surface area (Å²) in [5, 5.41) is 14.2. The van der Waals surface area contributed by atoms with Crippen LogP contribution in [0.5, 0.6) is 5.75 Å². The molecule has 0 radical (unpaired) electrons. The van der Waals surface area contributed by atoms with E-state index in [2.05, 4.69) is 11.4 Å². The van der Waals surface area contributed by atoms with Crippen LogP contribution in [-0.4, -0.2) is 18.1 Å². The summed E-state index contributed by atoms with van der Waals surface area (Å²) in [6, 6.07) is 4.91. The van der Waals surface area contributed by atoms with Gasteiger partial charge in [-0.15, -0.1) is 0 Å². The lowest BCUT2D eigenvalue weighted by Crippen LogP contribution is -2.04. The lowest BCUT2D eigenvalue weighted by molar-refractivity contribution is -0.385. The number of allylic oxidation sites excluding steroid dienone is 1. The standard InChI is InChI=1S/C15H20N2O3/c1-2-20-15-11-13(7-8-14(15)17(18)19)16-10-9-12-5-3-4-6-12/h5,7-8,11,16H,2-4,6,9-10H2,1H3. The molecular weight excluding hydrogens is 256 g/mol. The van der Waals surface area contributed by atoms with Gasteiger partial charge in [0.25, 0.3) is 0 Å². The third-order valence-corrected chi connectivity index (χ3v) is 3.37. The highest BCUT2D eigenvalue weighted by atomic mass is 16.6. The molecule has 1 N–H and O–H groups in total.